The van der Waals surface area contributed by atoms with Crippen LogP contribution in [-0.2, 0) is 0 Å². The minimum atomic E-state index is -0.368. The van der Waals surface area contributed by atoms with Crippen LogP contribution < -0.4 is 20.5 Å². The molecule has 2 rings (SSSR count). The molecule has 6 nitrogen and oxygen atoms in total. The molecule has 110 valence electrons. The van der Waals surface area contributed by atoms with E-state index in [1.165, 1.54) is 19.4 Å². The topological polar surface area (TPSA) is 86.5 Å². The van der Waals surface area contributed by atoms with Crippen molar-refractivity contribution < 1.29 is 14.3 Å². The lowest BCUT2D eigenvalue weighted by Crippen LogP contribution is -2.13. The molecule has 0 aliphatic heterocycles. The van der Waals surface area contributed by atoms with Gasteiger partial charge in [-0.15, -0.1) is 0 Å². The summed E-state index contributed by atoms with van der Waals surface area (Å²) in [6.45, 7) is 0. The molecule has 21 heavy (non-hydrogen) atoms. The number of nitrogens with one attached hydrogen (secondary N) is 1. The summed E-state index contributed by atoms with van der Waals surface area (Å²) in [5.74, 6) is 0.919. The molecule has 2 aromatic rings. The van der Waals surface area contributed by atoms with Gasteiger partial charge in [0, 0.05) is 12.3 Å². The van der Waals surface area contributed by atoms with Gasteiger partial charge >= 0.3 is 0 Å². The van der Waals surface area contributed by atoms with Crippen molar-refractivity contribution in [3.05, 3.63) is 41.0 Å². The third-order valence-electron chi connectivity index (χ3n) is 2.79. The molecule has 0 spiro atoms. The largest absolute Gasteiger partial charge is 0.497 e. The van der Waals surface area contributed by atoms with Crippen molar-refractivity contribution in [2.45, 2.75) is 0 Å². The summed E-state index contributed by atoms with van der Waals surface area (Å²) >= 11 is 5.85. The van der Waals surface area contributed by atoms with Gasteiger partial charge in [0.05, 0.1) is 30.5 Å². The molecule has 0 fully saturated rings. The van der Waals surface area contributed by atoms with Crippen molar-refractivity contribution >= 4 is 29.0 Å². The van der Waals surface area contributed by atoms with Crippen LogP contribution in [-0.4, -0.2) is 25.1 Å². The lowest BCUT2D eigenvalue weighted by Gasteiger charge is -2.11. The average molecular weight is 308 g/mol. The number of hydrogen-bond donors (Lipinski definition) is 2. The Hall–Kier alpha value is -2.47. The Labute approximate surface area is 126 Å². The van der Waals surface area contributed by atoms with E-state index in [1.54, 1.807) is 25.3 Å². The number of hydrogen-bond acceptors (Lipinski definition) is 5. The summed E-state index contributed by atoms with van der Waals surface area (Å²) in [7, 11) is 3.06. The number of rotatable bonds is 4. The zero-order valence-corrected chi connectivity index (χ0v) is 12.3. The van der Waals surface area contributed by atoms with E-state index in [1.807, 2.05) is 0 Å². The Bertz CT molecular complexity index is 677. The van der Waals surface area contributed by atoms with Gasteiger partial charge in [-0.2, -0.15) is 0 Å². The number of anilines is 2. The normalized spacial score (nSPS) is 10.0. The first-order chi connectivity index (χ1) is 10.0. The molecule has 0 atom stereocenters. The van der Waals surface area contributed by atoms with Crippen molar-refractivity contribution in [2.75, 3.05) is 25.3 Å². The molecule has 0 saturated carbocycles. The minimum absolute atomic E-state index is 0.176. The zero-order valence-electron chi connectivity index (χ0n) is 11.5. The lowest BCUT2D eigenvalue weighted by molar-refractivity contribution is 0.102. The number of amides is 1. The van der Waals surface area contributed by atoms with Gasteiger partial charge in [-0.3, -0.25) is 4.79 Å². The van der Waals surface area contributed by atoms with Gasteiger partial charge < -0.3 is 20.5 Å². The number of carbonyl (C=O) groups excluding carboxylic acids is 1. The molecular formula is C14H14ClN3O3. The van der Waals surface area contributed by atoms with Gasteiger partial charge in [0.2, 0.25) is 0 Å². The van der Waals surface area contributed by atoms with E-state index in [-0.39, 0.29) is 16.7 Å². The van der Waals surface area contributed by atoms with E-state index >= 15 is 0 Å². The molecular weight excluding hydrogens is 294 g/mol. The predicted octanol–water partition coefficient (Wildman–Crippen LogP) is 2.59. The summed E-state index contributed by atoms with van der Waals surface area (Å²) < 4.78 is 10.3. The maximum absolute atomic E-state index is 12.2. The fourth-order valence-corrected chi connectivity index (χ4v) is 1.84. The molecule has 1 heterocycles. The maximum Gasteiger partial charge on any atom is 0.257 e. The predicted molar refractivity (Wildman–Crippen MR) is 81.2 cm³/mol. The Morgan fingerprint density at radius 2 is 2.05 bits per heavy atom. The van der Waals surface area contributed by atoms with E-state index < -0.39 is 0 Å². The molecule has 0 radical (unpaired) electrons. The highest BCUT2D eigenvalue weighted by Gasteiger charge is 2.12. The number of ether oxygens (including phenoxy) is 2. The smallest absolute Gasteiger partial charge is 0.257 e. The number of pyridine rings is 1. The number of aromatic nitrogens is 1. The highest BCUT2D eigenvalue weighted by atomic mass is 35.5. The number of nitrogens with zero attached hydrogens (tertiary/aromatic N) is 1. The monoisotopic (exact) mass is 307 g/mol. The Kier molecular flexibility index (Phi) is 4.49. The maximum atomic E-state index is 12.2. The van der Waals surface area contributed by atoms with Crippen LogP contribution in [0.4, 0.5) is 11.5 Å². The molecule has 7 heteroatoms. The van der Waals surface area contributed by atoms with Gasteiger partial charge in [-0.1, -0.05) is 11.6 Å². The molecule has 3 N–H and O–H groups in total. The fourth-order valence-electron chi connectivity index (χ4n) is 1.67. The van der Waals surface area contributed by atoms with E-state index in [0.717, 1.165) is 0 Å². The van der Waals surface area contributed by atoms with Gasteiger partial charge in [-0.25, -0.2) is 4.98 Å². The molecule has 0 aliphatic carbocycles. The first-order valence-corrected chi connectivity index (χ1v) is 6.37. The number of methoxy groups -OCH3 is 2. The Morgan fingerprint density at radius 1 is 1.29 bits per heavy atom. The minimum Gasteiger partial charge on any atom is -0.497 e. The summed E-state index contributed by atoms with van der Waals surface area (Å²) in [6, 6.07) is 6.52. The van der Waals surface area contributed by atoms with Gasteiger partial charge in [0.25, 0.3) is 5.91 Å². The Morgan fingerprint density at radius 3 is 2.67 bits per heavy atom. The van der Waals surface area contributed by atoms with Crippen LogP contribution in [0.5, 0.6) is 11.5 Å². The highest BCUT2D eigenvalue weighted by Crippen LogP contribution is 2.29. The Balaban J connectivity index is 2.24. The van der Waals surface area contributed by atoms with E-state index in [2.05, 4.69) is 10.3 Å². The third kappa shape index (κ3) is 3.35. The van der Waals surface area contributed by atoms with Gasteiger partial charge in [-0.05, 0) is 18.2 Å². The van der Waals surface area contributed by atoms with Crippen LogP contribution in [0.3, 0.4) is 0 Å². The summed E-state index contributed by atoms with van der Waals surface area (Å²) in [6.07, 6.45) is 1.35. The van der Waals surface area contributed by atoms with E-state index in [0.29, 0.717) is 22.7 Å². The van der Waals surface area contributed by atoms with Crippen LogP contribution in [0.1, 0.15) is 10.4 Å². The average Bonchev–Trinajstić information content (AvgIpc) is 2.50. The van der Waals surface area contributed by atoms with Gasteiger partial charge in [0.15, 0.2) is 0 Å². The molecule has 0 saturated heterocycles. The van der Waals surface area contributed by atoms with Crippen LogP contribution in [0.25, 0.3) is 0 Å². The number of nitrogen functional groups attached to an aromatic ring is 1. The second kappa shape index (κ2) is 6.32. The summed E-state index contributed by atoms with van der Waals surface area (Å²) in [5.41, 5.74) is 6.32. The first kappa shape index (κ1) is 14.9. The first-order valence-electron chi connectivity index (χ1n) is 5.99. The molecule has 0 bridgehead atoms. The summed E-state index contributed by atoms with van der Waals surface area (Å²) in [4.78, 5) is 16.0. The second-order valence-corrected chi connectivity index (χ2v) is 4.52. The van der Waals surface area contributed by atoms with Crippen LogP contribution >= 0.6 is 11.6 Å². The number of nitrogens with two attached hydrogens (primary N) is 1. The second-order valence-electron chi connectivity index (χ2n) is 4.11. The number of carbonyl (C=O) groups is 1. The van der Waals surface area contributed by atoms with Crippen molar-refractivity contribution in [1.29, 1.82) is 0 Å². The molecule has 1 aromatic heterocycles. The lowest BCUT2D eigenvalue weighted by atomic mass is 10.2. The van der Waals surface area contributed by atoms with Crippen molar-refractivity contribution in [3.63, 3.8) is 0 Å². The quantitative estimate of drug-likeness (QED) is 0.906. The molecule has 0 unspecified atom stereocenters. The van der Waals surface area contributed by atoms with Crippen LogP contribution in [0, 0.1) is 0 Å². The zero-order chi connectivity index (χ0) is 15.4. The van der Waals surface area contributed by atoms with E-state index in [9.17, 15) is 4.79 Å². The van der Waals surface area contributed by atoms with Crippen molar-refractivity contribution in [3.8, 4) is 11.5 Å². The third-order valence-corrected chi connectivity index (χ3v) is 3.09. The standard InChI is InChI=1S/C14H14ClN3O3/c1-20-9-3-4-11(12(6-9)21-2)18-14(19)8-5-10(15)13(16)17-7-8/h3-7H,1-2H3,(H2,16,17)(H,18,19). The molecule has 1 amide bonds. The van der Waals surface area contributed by atoms with Crippen LogP contribution in [0.15, 0.2) is 30.5 Å². The fraction of sp³-hybridized carbons (Fsp3) is 0.143. The van der Waals surface area contributed by atoms with Crippen LogP contribution in [0.2, 0.25) is 5.02 Å². The molecule has 1 aromatic carbocycles. The highest BCUT2D eigenvalue weighted by molar-refractivity contribution is 6.33. The summed E-state index contributed by atoms with van der Waals surface area (Å²) in [5, 5.41) is 2.94. The number of halogens is 1. The van der Waals surface area contributed by atoms with Crippen molar-refractivity contribution in [2.24, 2.45) is 0 Å². The molecule has 0 aliphatic rings. The van der Waals surface area contributed by atoms with E-state index in [4.69, 9.17) is 26.8 Å². The van der Waals surface area contributed by atoms with Gasteiger partial charge in [0.1, 0.15) is 17.3 Å². The van der Waals surface area contributed by atoms with Crippen molar-refractivity contribution in [1.82, 2.24) is 4.98 Å². The SMILES string of the molecule is COc1ccc(NC(=O)c2cnc(N)c(Cl)c2)c(OC)c1. The number of benzene rings is 1.